The molecular formula is C20H30O2. The van der Waals surface area contributed by atoms with E-state index >= 15 is 0 Å². The normalized spacial score (nSPS) is 23.8. The van der Waals surface area contributed by atoms with Crippen LogP contribution in [0.1, 0.15) is 77.1 Å². The van der Waals surface area contributed by atoms with Crippen molar-refractivity contribution in [1.29, 1.82) is 0 Å². The summed E-state index contributed by atoms with van der Waals surface area (Å²) in [5, 5.41) is 0. The van der Waals surface area contributed by atoms with E-state index in [1.807, 2.05) is 0 Å². The van der Waals surface area contributed by atoms with Crippen LogP contribution in [0, 0.1) is 12.3 Å². The van der Waals surface area contributed by atoms with Gasteiger partial charge in [0.15, 0.2) is 11.5 Å². The number of hydrogen-bond acceptors (Lipinski definition) is 2. The van der Waals surface area contributed by atoms with Crippen molar-refractivity contribution in [1.82, 2.24) is 0 Å². The minimum atomic E-state index is -0.590. The summed E-state index contributed by atoms with van der Waals surface area (Å²) >= 11 is 0. The van der Waals surface area contributed by atoms with Crippen LogP contribution in [-0.4, -0.2) is 5.79 Å². The standard InChI is InChI=1S/C20H30O2/c1-12-15(18(2,3)4)13-10-9-11-14(13)17-16(12)21-20(8,22-17)19(5,6)7/h9-11H2,1-8H3. The van der Waals surface area contributed by atoms with Crippen molar-refractivity contribution in [2.75, 3.05) is 0 Å². The van der Waals surface area contributed by atoms with Crippen LogP contribution in [0.15, 0.2) is 0 Å². The molecular weight excluding hydrogens is 272 g/mol. The molecule has 0 amide bonds. The second kappa shape index (κ2) is 4.43. The average Bonchev–Trinajstić information content (AvgIpc) is 2.90. The summed E-state index contributed by atoms with van der Waals surface area (Å²) in [6.45, 7) is 17.7. The third-order valence-corrected chi connectivity index (χ3v) is 5.42. The Morgan fingerprint density at radius 3 is 1.95 bits per heavy atom. The van der Waals surface area contributed by atoms with Crippen molar-refractivity contribution in [2.45, 2.75) is 85.9 Å². The zero-order valence-corrected chi connectivity index (χ0v) is 15.4. The van der Waals surface area contributed by atoms with Crippen molar-refractivity contribution in [3.05, 3.63) is 22.3 Å². The van der Waals surface area contributed by atoms with Gasteiger partial charge in [-0.2, -0.15) is 0 Å². The molecule has 0 saturated heterocycles. The summed E-state index contributed by atoms with van der Waals surface area (Å²) in [7, 11) is 0. The number of ether oxygens (including phenoxy) is 2. The minimum absolute atomic E-state index is 0.0775. The Bertz CT molecular complexity index is 629. The highest BCUT2D eigenvalue weighted by Gasteiger charge is 2.50. The monoisotopic (exact) mass is 302 g/mol. The molecule has 1 unspecified atom stereocenters. The minimum Gasteiger partial charge on any atom is -0.448 e. The molecule has 0 aromatic heterocycles. The number of rotatable bonds is 0. The van der Waals surface area contributed by atoms with Crippen molar-refractivity contribution in [3.8, 4) is 11.5 Å². The fourth-order valence-corrected chi connectivity index (χ4v) is 3.88. The highest BCUT2D eigenvalue weighted by atomic mass is 16.7. The summed E-state index contributed by atoms with van der Waals surface area (Å²) < 4.78 is 12.9. The maximum atomic E-state index is 6.43. The maximum Gasteiger partial charge on any atom is 0.253 e. The maximum absolute atomic E-state index is 6.43. The lowest BCUT2D eigenvalue weighted by molar-refractivity contribution is -0.143. The molecule has 1 aliphatic heterocycles. The number of benzene rings is 1. The van der Waals surface area contributed by atoms with Gasteiger partial charge in [-0.3, -0.25) is 0 Å². The molecule has 22 heavy (non-hydrogen) atoms. The molecule has 0 spiro atoms. The van der Waals surface area contributed by atoms with Crippen LogP contribution in [-0.2, 0) is 18.3 Å². The summed E-state index contributed by atoms with van der Waals surface area (Å²) in [5.74, 6) is 1.42. The van der Waals surface area contributed by atoms with E-state index in [0.717, 1.165) is 17.9 Å². The summed E-state index contributed by atoms with van der Waals surface area (Å²) in [5.41, 5.74) is 5.73. The van der Waals surface area contributed by atoms with Crippen LogP contribution in [0.2, 0.25) is 0 Å². The zero-order chi connectivity index (χ0) is 16.5. The molecule has 0 radical (unpaired) electrons. The van der Waals surface area contributed by atoms with Gasteiger partial charge in [0.05, 0.1) is 0 Å². The first-order valence-electron chi connectivity index (χ1n) is 8.52. The summed E-state index contributed by atoms with van der Waals surface area (Å²) in [6.07, 6.45) is 3.51. The van der Waals surface area contributed by atoms with Crippen LogP contribution in [0.4, 0.5) is 0 Å². The van der Waals surface area contributed by atoms with Crippen LogP contribution >= 0.6 is 0 Å². The van der Waals surface area contributed by atoms with Gasteiger partial charge in [0.1, 0.15) is 0 Å². The molecule has 3 rings (SSSR count). The summed E-state index contributed by atoms with van der Waals surface area (Å²) in [4.78, 5) is 0. The van der Waals surface area contributed by atoms with E-state index in [1.54, 1.807) is 0 Å². The Balaban J connectivity index is 2.23. The first-order chi connectivity index (χ1) is 9.96. The van der Waals surface area contributed by atoms with Gasteiger partial charge in [-0.05, 0) is 48.3 Å². The first-order valence-corrected chi connectivity index (χ1v) is 8.52. The lowest BCUT2D eigenvalue weighted by Crippen LogP contribution is -2.47. The SMILES string of the molecule is Cc1c2c(c3c(c1C(C)(C)C)CCC3)OC(C)(C(C)(C)C)O2. The molecule has 2 aliphatic rings. The van der Waals surface area contributed by atoms with E-state index in [9.17, 15) is 0 Å². The van der Waals surface area contributed by atoms with Crippen molar-refractivity contribution >= 4 is 0 Å². The van der Waals surface area contributed by atoms with Crippen LogP contribution < -0.4 is 9.47 Å². The Morgan fingerprint density at radius 2 is 1.41 bits per heavy atom. The van der Waals surface area contributed by atoms with Crippen LogP contribution in [0.5, 0.6) is 11.5 Å². The van der Waals surface area contributed by atoms with Gasteiger partial charge in [0.25, 0.3) is 5.79 Å². The largest absolute Gasteiger partial charge is 0.448 e. The van der Waals surface area contributed by atoms with Gasteiger partial charge in [-0.1, -0.05) is 41.5 Å². The van der Waals surface area contributed by atoms with E-state index in [-0.39, 0.29) is 10.8 Å². The van der Waals surface area contributed by atoms with Gasteiger partial charge < -0.3 is 9.47 Å². The highest BCUT2D eigenvalue weighted by molar-refractivity contribution is 5.64. The first kappa shape index (κ1) is 15.7. The third kappa shape index (κ3) is 2.06. The lowest BCUT2D eigenvalue weighted by Gasteiger charge is -2.36. The molecule has 0 N–H and O–H groups in total. The predicted octanol–water partition coefficient (Wildman–Crippen LogP) is 5.31. The molecule has 1 aromatic rings. The van der Waals surface area contributed by atoms with Crippen LogP contribution in [0.3, 0.4) is 0 Å². The second-order valence-corrected chi connectivity index (χ2v) is 9.12. The topological polar surface area (TPSA) is 18.5 Å². The average molecular weight is 302 g/mol. The van der Waals surface area contributed by atoms with E-state index in [1.165, 1.54) is 35.1 Å². The van der Waals surface area contributed by atoms with E-state index in [0.29, 0.717) is 0 Å². The lowest BCUT2D eigenvalue weighted by atomic mass is 9.79. The Morgan fingerprint density at radius 1 is 0.864 bits per heavy atom. The van der Waals surface area contributed by atoms with Crippen molar-refractivity contribution in [2.24, 2.45) is 5.41 Å². The fraction of sp³-hybridized carbons (Fsp3) is 0.700. The molecule has 1 atom stereocenters. The molecule has 2 heteroatoms. The highest BCUT2D eigenvalue weighted by Crippen LogP contribution is 2.55. The molecule has 2 nitrogen and oxygen atoms in total. The van der Waals surface area contributed by atoms with E-state index < -0.39 is 5.79 Å². The Labute approximate surface area is 135 Å². The van der Waals surface area contributed by atoms with Gasteiger partial charge in [0, 0.05) is 17.9 Å². The molecule has 1 aromatic carbocycles. The Kier molecular flexibility index (Phi) is 3.16. The predicted molar refractivity (Wildman–Crippen MR) is 91.0 cm³/mol. The molecule has 122 valence electrons. The van der Waals surface area contributed by atoms with E-state index in [4.69, 9.17) is 9.47 Å². The van der Waals surface area contributed by atoms with Crippen LogP contribution in [0.25, 0.3) is 0 Å². The van der Waals surface area contributed by atoms with Crippen molar-refractivity contribution < 1.29 is 9.47 Å². The van der Waals surface area contributed by atoms with Gasteiger partial charge in [0.2, 0.25) is 0 Å². The zero-order valence-electron chi connectivity index (χ0n) is 15.4. The quantitative estimate of drug-likeness (QED) is 0.646. The Hall–Kier alpha value is -1.18. The number of hydrogen-bond donors (Lipinski definition) is 0. The molecule has 0 fully saturated rings. The molecule has 1 aliphatic carbocycles. The fourth-order valence-electron chi connectivity index (χ4n) is 3.88. The van der Waals surface area contributed by atoms with Gasteiger partial charge in [-0.15, -0.1) is 0 Å². The van der Waals surface area contributed by atoms with Gasteiger partial charge in [-0.25, -0.2) is 0 Å². The third-order valence-electron chi connectivity index (χ3n) is 5.42. The van der Waals surface area contributed by atoms with Gasteiger partial charge >= 0.3 is 0 Å². The number of fused-ring (bicyclic) bond motifs is 3. The van der Waals surface area contributed by atoms with E-state index in [2.05, 4.69) is 55.4 Å². The molecule has 1 heterocycles. The summed E-state index contributed by atoms with van der Waals surface area (Å²) in [6, 6.07) is 0. The molecule has 0 saturated carbocycles. The molecule has 0 bridgehead atoms. The second-order valence-electron chi connectivity index (χ2n) is 9.12. The smallest absolute Gasteiger partial charge is 0.253 e. The van der Waals surface area contributed by atoms with Crippen molar-refractivity contribution in [3.63, 3.8) is 0 Å².